The normalized spacial score (nSPS) is 18.8. The second-order valence-electron chi connectivity index (χ2n) is 2.93. The Morgan fingerprint density at radius 2 is 1.91 bits per heavy atom. The summed E-state index contributed by atoms with van der Waals surface area (Å²) in [7, 11) is 0. The summed E-state index contributed by atoms with van der Waals surface area (Å²) >= 11 is 0. The Bertz CT molecular complexity index is 154. The molecule has 0 saturated heterocycles. The van der Waals surface area contributed by atoms with Crippen molar-refractivity contribution in [3.8, 4) is 0 Å². The maximum atomic E-state index is 12.6. The lowest BCUT2D eigenvalue weighted by Gasteiger charge is -2.05. The van der Waals surface area contributed by atoms with Gasteiger partial charge in [0.1, 0.15) is 6.17 Å². The van der Waals surface area contributed by atoms with Crippen LogP contribution in [0.5, 0.6) is 0 Å². The van der Waals surface area contributed by atoms with Gasteiger partial charge in [-0.15, -0.1) is 0 Å². The largest absolute Gasteiger partial charge is 0.247 e. The van der Waals surface area contributed by atoms with Crippen LogP contribution in [-0.2, 0) is 0 Å². The monoisotopic (exact) mass is 156 g/mol. The lowest BCUT2D eigenvalue weighted by molar-refractivity contribution is 0.300. The molecular weight excluding hydrogens is 139 g/mol. The predicted octanol–water partition coefficient (Wildman–Crippen LogP) is 3.50. The molecule has 0 aromatic carbocycles. The molecule has 0 heterocycles. The summed E-state index contributed by atoms with van der Waals surface area (Å²) in [6.07, 6.45) is 5.11. The number of halogens is 1. The van der Waals surface area contributed by atoms with Gasteiger partial charge in [-0.3, -0.25) is 0 Å². The van der Waals surface area contributed by atoms with Crippen molar-refractivity contribution in [2.75, 3.05) is 0 Å². The van der Waals surface area contributed by atoms with E-state index in [4.69, 9.17) is 0 Å². The highest BCUT2D eigenvalue weighted by atomic mass is 19.1. The van der Waals surface area contributed by atoms with Crippen molar-refractivity contribution in [1.29, 1.82) is 0 Å². The number of hydrogen-bond donors (Lipinski definition) is 0. The van der Waals surface area contributed by atoms with Gasteiger partial charge in [-0.1, -0.05) is 30.7 Å². The molecule has 0 aromatic rings. The minimum Gasteiger partial charge on any atom is -0.247 e. The van der Waals surface area contributed by atoms with Crippen molar-refractivity contribution in [2.24, 2.45) is 5.92 Å². The van der Waals surface area contributed by atoms with Crippen LogP contribution in [0.15, 0.2) is 23.8 Å². The fourth-order valence-electron chi connectivity index (χ4n) is 0.553. The standard InChI is InChI=1S/C10H17F/c1-5-8(2)6-7-9(3)10(4)11/h5-7,9-10H,1-4H3/b7-6-,8-5-/t9?,10-/m1/s1. The topological polar surface area (TPSA) is 0 Å². The first-order valence-electron chi connectivity index (χ1n) is 4.03. The van der Waals surface area contributed by atoms with Crippen LogP contribution in [0.3, 0.4) is 0 Å². The smallest absolute Gasteiger partial charge is 0.103 e. The summed E-state index contributed by atoms with van der Waals surface area (Å²) in [4.78, 5) is 0. The highest BCUT2D eigenvalue weighted by Gasteiger charge is 2.04. The third kappa shape index (κ3) is 4.77. The molecular formula is C10H17F. The third-order valence-corrected chi connectivity index (χ3v) is 1.84. The van der Waals surface area contributed by atoms with E-state index in [1.54, 1.807) is 6.92 Å². The van der Waals surface area contributed by atoms with Crippen LogP contribution in [0.2, 0.25) is 0 Å². The van der Waals surface area contributed by atoms with Crippen molar-refractivity contribution in [2.45, 2.75) is 33.9 Å². The second-order valence-corrected chi connectivity index (χ2v) is 2.93. The molecule has 11 heavy (non-hydrogen) atoms. The fraction of sp³-hybridized carbons (Fsp3) is 0.600. The first-order chi connectivity index (χ1) is 5.07. The summed E-state index contributed by atoms with van der Waals surface area (Å²) in [5.41, 5.74) is 1.18. The number of rotatable bonds is 3. The van der Waals surface area contributed by atoms with Crippen LogP contribution in [0, 0.1) is 5.92 Å². The maximum absolute atomic E-state index is 12.6. The molecule has 0 radical (unpaired) electrons. The first-order valence-corrected chi connectivity index (χ1v) is 4.03. The number of allylic oxidation sites excluding steroid dienone is 4. The molecule has 2 atom stereocenters. The summed E-state index contributed by atoms with van der Waals surface area (Å²) in [5.74, 6) is 0.0184. The van der Waals surface area contributed by atoms with Crippen LogP contribution < -0.4 is 0 Å². The van der Waals surface area contributed by atoms with E-state index in [0.717, 1.165) is 0 Å². The fourth-order valence-corrected chi connectivity index (χ4v) is 0.553. The Hall–Kier alpha value is -0.590. The molecule has 0 aliphatic carbocycles. The van der Waals surface area contributed by atoms with Crippen molar-refractivity contribution >= 4 is 0 Å². The van der Waals surface area contributed by atoms with E-state index in [9.17, 15) is 4.39 Å². The van der Waals surface area contributed by atoms with Gasteiger partial charge in [0, 0.05) is 5.92 Å². The van der Waals surface area contributed by atoms with Gasteiger partial charge in [-0.25, -0.2) is 4.39 Å². The van der Waals surface area contributed by atoms with Crippen molar-refractivity contribution in [1.82, 2.24) is 0 Å². The minimum atomic E-state index is -0.754. The summed E-state index contributed by atoms with van der Waals surface area (Å²) in [6.45, 7) is 7.44. The Kier molecular flexibility index (Phi) is 4.84. The van der Waals surface area contributed by atoms with Gasteiger partial charge >= 0.3 is 0 Å². The maximum Gasteiger partial charge on any atom is 0.103 e. The summed E-state index contributed by atoms with van der Waals surface area (Å²) in [6, 6.07) is 0. The molecule has 0 nitrogen and oxygen atoms in total. The second kappa shape index (κ2) is 5.11. The average molecular weight is 156 g/mol. The molecule has 0 fully saturated rings. The van der Waals surface area contributed by atoms with Crippen molar-refractivity contribution in [3.63, 3.8) is 0 Å². The van der Waals surface area contributed by atoms with E-state index in [0.29, 0.717) is 0 Å². The molecule has 1 unspecified atom stereocenters. The van der Waals surface area contributed by atoms with E-state index < -0.39 is 6.17 Å². The van der Waals surface area contributed by atoms with E-state index in [-0.39, 0.29) is 5.92 Å². The van der Waals surface area contributed by atoms with Crippen molar-refractivity contribution in [3.05, 3.63) is 23.8 Å². The lowest BCUT2D eigenvalue weighted by atomic mass is 10.1. The Morgan fingerprint density at radius 1 is 1.36 bits per heavy atom. The van der Waals surface area contributed by atoms with Gasteiger partial charge in [0.25, 0.3) is 0 Å². The molecule has 0 aromatic heterocycles. The van der Waals surface area contributed by atoms with Crippen molar-refractivity contribution < 1.29 is 4.39 Å². The SMILES string of the molecule is C/C=C(C)\C=C/C(C)[C@@H](C)F. The molecule has 0 spiro atoms. The van der Waals surface area contributed by atoms with E-state index in [1.165, 1.54) is 5.57 Å². The van der Waals surface area contributed by atoms with Crippen LogP contribution in [0.1, 0.15) is 27.7 Å². The molecule has 0 rings (SSSR count). The Labute approximate surface area is 68.8 Å². The predicted molar refractivity (Wildman–Crippen MR) is 48.3 cm³/mol. The summed E-state index contributed by atoms with van der Waals surface area (Å²) < 4.78 is 12.6. The van der Waals surface area contributed by atoms with Gasteiger partial charge in [0.2, 0.25) is 0 Å². The molecule has 64 valence electrons. The van der Waals surface area contributed by atoms with Crippen LogP contribution in [0.25, 0.3) is 0 Å². The zero-order valence-corrected chi connectivity index (χ0v) is 7.76. The molecule has 0 saturated carbocycles. The lowest BCUT2D eigenvalue weighted by Crippen LogP contribution is -2.03. The van der Waals surface area contributed by atoms with Gasteiger partial charge < -0.3 is 0 Å². The van der Waals surface area contributed by atoms with Crippen LogP contribution in [-0.4, -0.2) is 6.17 Å². The molecule has 0 bridgehead atoms. The van der Waals surface area contributed by atoms with Gasteiger partial charge in [-0.05, 0) is 20.8 Å². The molecule has 0 amide bonds. The Morgan fingerprint density at radius 3 is 2.27 bits per heavy atom. The van der Waals surface area contributed by atoms with E-state index >= 15 is 0 Å². The summed E-state index contributed by atoms with van der Waals surface area (Å²) in [5, 5.41) is 0. The van der Waals surface area contributed by atoms with E-state index in [1.807, 2.05) is 39.0 Å². The zero-order chi connectivity index (χ0) is 8.85. The quantitative estimate of drug-likeness (QED) is 0.548. The van der Waals surface area contributed by atoms with Gasteiger partial charge in [0.15, 0.2) is 0 Å². The first kappa shape index (κ1) is 10.4. The van der Waals surface area contributed by atoms with Gasteiger partial charge in [-0.2, -0.15) is 0 Å². The number of hydrogen-bond acceptors (Lipinski definition) is 0. The molecule has 1 heteroatoms. The van der Waals surface area contributed by atoms with E-state index in [2.05, 4.69) is 0 Å². The molecule has 0 aliphatic heterocycles. The molecule has 0 N–H and O–H groups in total. The average Bonchev–Trinajstić information content (AvgIpc) is 1.99. The zero-order valence-electron chi connectivity index (χ0n) is 7.76. The van der Waals surface area contributed by atoms with Gasteiger partial charge in [0.05, 0.1) is 0 Å². The minimum absolute atomic E-state index is 0.0184. The highest BCUT2D eigenvalue weighted by molar-refractivity contribution is 5.15. The third-order valence-electron chi connectivity index (χ3n) is 1.84. The highest BCUT2D eigenvalue weighted by Crippen LogP contribution is 2.09. The molecule has 0 aliphatic rings. The number of alkyl halides is 1. The van der Waals surface area contributed by atoms with Crippen LogP contribution in [0.4, 0.5) is 4.39 Å². The van der Waals surface area contributed by atoms with Crippen LogP contribution >= 0.6 is 0 Å². The Balaban J connectivity index is 3.93.